The molecular formula is C14H17N5OS. The Labute approximate surface area is 128 Å². The van der Waals surface area contributed by atoms with Crippen molar-refractivity contribution in [3.63, 3.8) is 0 Å². The number of nitrogens with one attached hydrogen (secondary N) is 1. The number of thiocarbonyl (C=S) groups is 1. The maximum atomic E-state index is 5.45. The van der Waals surface area contributed by atoms with Crippen molar-refractivity contribution in [1.29, 1.82) is 0 Å². The molecule has 0 spiro atoms. The Morgan fingerprint density at radius 2 is 2.14 bits per heavy atom. The first-order valence-electron chi connectivity index (χ1n) is 6.45. The van der Waals surface area contributed by atoms with E-state index in [4.69, 9.17) is 28.4 Å². The standard InChI is InChI=1S/C14H17N5OS/c15-13(16)17-5-6-18-14(21)20-9-10-7-11-3-1-2-4-12(11)19-8-10/h1-4,7-8H,5-6,9H2,(H,18,21)(H4,15,16,17). The van der Waals surface area contributed by atoms with Gasteiger partial charge in [0.25, 0.3) is 5.17 Å². The van der Waals surface area contributed by atoms with Crippen LogP contribution in [0, 0.1) is 0 Å². The summed E-state index contributed by atoms with van der Waals surface area (Å²) in [7, 11) is 0. The van der Waals surface area contributed by atoms with E-state index in [2.05, 4.69) is 15.3 Å². The second-order valence-corrected chi connectivity index (χ2v) is 4.72. The lowest BCUT2D eigenvalue weighted by Gasteiger charge is -2.09. The van der Waals surface area contributed by atoms with Gasteiger partial charge in [-0.1, -0.05) is 18.2 Å². The Morgan fingerprint density at radius 1 is 1.33 bits per heavy atom. The molecule has 21 heavy (non-hydrogen) atoms. The fourth-order valence-corrected chi connectivity index (χ4v) is 1.90. The van der Waals surface area contributed by atoms with Gasteiger partial charge >= 0.3 is 0 Å². The quantitative estimate of drug-likeness (QED) is 0.328. The second kappa shape index (κ2) is 7.39. The van der Waals surface area contributed by atoms with E-state index >= 15 is 0 Å². The molecule has 0 saturated carbocycles. The van der Waals surface area contributed by atoms with Crippen molar-refractivity contribution in [2.75, 3.05) is 13.1 Å². The largest absolute Gasteiger partial charge is 0.466 e. The summed E-state index contributed by atoms with van der Waals surface area (Å²) in [5.74, 6) is 0.0610. The molecule has 0 aliphatic carbocycles. The van der Waals surface area contributed by atoms with Gasteiger partial charge < -0.3 is 21.5 Å². The normalized spacial score (nSPS) is 10.1. The number of hydrogen-bond donors (Lipinski definition) is 3. The van der Waals surface area contributed by atoms with Gasteiger partial charge in [0.2, 0.25) is 0 Å². The number of ether oxygens (including phenoxy) is 1. The third-order valence-electron chi connectivity index (χ3n) is 2.69. The zero-order chi connectivity index (χ0) is 15.1. The lowest BCUT2D eigenvalue weighted by Crippen LogP contribution is -2.29. The maximum absolute atomic E-state index is 5.45. The fourth-order valence-electron chi connectivity index (χ4n) is 1.74. The number of aliphatic imine (C=N–C) groups is 1. The molecule has 0 aliphatic rings. The first kappa shape index (κ1) is 15.0. The number of pyridine rings is 1. The molecule has 0 radical (unpaired) electrons. The lowest BCUT2D eigenvalue weighted by atomic mass is 10.2. The average Bonchev–Trinajstić information content (AvgIpc) is 2.49. The predicted molar refractivity (Wildman–Crippen MR) is 87.8 cm³/mol. The molecule has 1 heterocycles. The molecule has 7 heteroatoms. The van der Waals surface area contributed by atoms with Crippen LogP contribution >= 0.6 is 12.2 Å². The van der Waals surface area contributed by atoms with E-state index < -0.39 is 0 Å². The van der Waals surface area contributed by atoms with Crippen molar-refractivity contribution in [3.05, 3.63) is 42.1 Å². The molecule has 5 N–H and O–H groups in total. The number of aromatic nitrogens is 1. The molecule has 0 bridgehead atoms. The number of nitrogens with two attached hydrogens (primary N) is 2. The van der Waals surface area contributed by atoms with Crippen LogP contribution < -0.4 is 16.8 Å². The third kappa shape index (κ3) is 4.88. The van der Waals surface area contributed by atoms with E-state index in [-0.39, 0.29) is 5.96 Å². The Morgan fingerprint density at radius 3 is 2.95 bits per heavy atom. The molecule has 110 valence electrons. The maximum Gasteiger partial charge on any atom is 0.257 e. The van der Waals surface area contributed by atoms with Gasteiger partial charge in [-0.25, -0.2) is 0 Å². The van der Waals surface area contributed by atoms with Gasteiger partial charge in [0.15, 0.2) is 5.96 Å². The molecule has 0 atom stereocenters. The smallest absolute Gasteiger partial charge is 0.257 e. The molecule has 0 fully saturated rings. The van der Waals surface area contributed by atoms with Gasteiger partial charge in [-0.2, -0.15) is 0 Å². The van der Waals surface area contributed by atoms with E-state index in [1.165, 1.54) is 0 Å². The van der Waals surface area contributed by atoms with Crippen LogP contribution in [0.2, 0.25) is 0 Å². The van der Waals surface area contributed by atoms with E-state index in [1.807, 2.05) is 30.3 Å². The SMILES string of the molecule is NC(N)=NCCNC(=S)OCc1cnc2ccccc2c1. The number of guanidine groups is 1. The van der Waals surface area contributed by atoms with Crippen molar-refractivity contribution < 1.29 is 4.74 Å². The van der Waals surface area contributed by atoms with Crippen LogP contribution in [0.5, 0.6) is 0 Å². The van der Waals surface area contributed by atoms with Crippen LogP contribution in [0.15, 0.2) is 41.5 Å². The average molecular weight is 303 g/mol. The molecular weight excluding hydrogens is 286 g/mol. The zero-order valence-corrected chi connectivity index (χ0v) is 12.3. The summed E-state index contributed by atoms with van der Waals surface area (Å²) >= 11 is 5.06. The van der Waals surface area contributed by atoms with E-state index in [9.17, 15) is 0 Å². The van der Waals surface area contributed by atoms with Crippen molar-refractivity contribution >= 4 is 34.3 Å². The van der Waals surface area contributed by atoms with Crippen LogP contribution in [0.3, 0.4) is 0 Å². The number of para-hydroxylation sites is 1. The number of benzene rings is 1. The number of fused-ring (bicyclic) bond motifs is 1. The molecule has 0 unspecified atom stereocenters. The monoisotopic (exact) mass is 303 g/mol. The minimum absolute atomic E-state index is 0.0610. The highest BCUT2D eigenvalue weighted by atomic mass is 32.1. The molecule has 0 aliphatic heterocycles. The predicted octanol–water partition coefficient (Wildman–Crippen LogP) is 0.899. The summed E-state index contributed by atoms with van der Waals surface area (Å²) in [5, 5.41) is 4.30. The van der Waals surface area contributed by atoms with Crippen molar-refractivity contribution in [3.8, 4) is 0 Å². The lowest BCUT2D eigenvalue weighted by molar-refractivity contribution is 0.286. The van der Waals surface area contributed by atoms with Gasteiger partial charge in [0.1, 0.15) is 6.61 Å². The molecule has 2 aromatic rings. The summed E-state index contributed by atoms with van der Waals surface area (Å²) in [4.78, 5) is 8.20. The Kier molecular flexibility index (Phi) is 5.28. The summed E-state index contributed by atoms with van der Waals surface area (Å²) in [6, 6.07) is 9.95. The first-order valence-corrected chi connectivity index (χ1v) is 6.85. The highest BCUT2D eigenvalue weighted by Gasteiger charge is 2.00. The minimum atomic E-state index is 0.0610. The van der Waals surface area contributed by atoms with E-state index in [1.54, 1.807) is 6.20 Å². The van der Waals surface area contributed by atoms with Gasteiger partial charge in [-0.3, -0.25) is 9.98 Å². The number of nitrogens with zero attached hydrogens (tertiary/aromatic N) is 2. The van der Waals surface area contributed by atoms with Crippen LogP contribution in [0.1, 0.15) is 5.56 Å². The number of hydrogen-bond acceptors (Lipinski definition) is 4. The Hall–Kier alpha value is -2.41. The zero-order valence-electron chi connectivity index (χ0n) is 11.5. The summed E-state index contributed by atoms with van der Waals surface area (Å²) < 4.78 is 5.45. The first-order chi connectivity index (χ1) is 10.1. The van der Waals surface area contributed by atoms with Crippen molar-refractivity contribution in [2.24, 2.45) is 16.5 Å². The highest BCUT2D eigenvalue weighted by Crippen LogP contribution is 2.13. The summed E-state index contributed by atoms with van der Waals surface area (Å²) in [6.07, 6.45) is 1.78. The molecule has 0 amide bonds. The van der Waals surface area contributed by atoms with Crippen LogP contribution in [-0.4, -0.2) is 29.2 Å². The molecule has 0 saturated heterocycles. The highest BCUT2D eigenvalue weighted by molar-refractivity contribution is 7.80. The van der Waals surface area contributed by atoms with Gasteiger partial charge in [-0.15, -0.1) is 0 Å². The van der Waals surface area contributed by atoms with Gasteiger partial charge in [0, 0.05) is 23.7 Å². The molecule has 6 nitrogen and oxygen atoms in total. The van der Waals surface area contributed by atoms with Crippen molar-refractivity contribution in [1.82, 2.24) is 10.3 Å². The van der Waals surface area contributed by atoms with Crippen molar-refractivity contribution in [2.45, 2.75) is 6.61 Å². The van der Waals surface area contributed by atoms with Gasteiger partial charge in [-0.05, 0) is 24.4 Å². The molecule has 1 aromatic carbocycles. The van der Waals surface area contributed by atoms with Crippen LogP contribution in [0.4, 0.5) is 0 Å². The fraction of sp³-hybridized carbons (Fsp3) is 0.214. The second-order valence-electron chi connectivity index (χ2n) is 4.35. The van der Waals surface area contributed by atoms with E-state index in [0.29, 0.717) is 24.9 Å². The topological polar surface area (TPSA) is 98.6 Å². The van der Waals surface area contributed by atoms with Gasteiger partial charge in [0.05, 0.1) is 12.1 Å². The summed E-state index contributed by atoms with van der Waals surface area (Å²) in [6.45, 7) is 1.34. The summed E-state index contributed by atoms with van der Waals surface area (Å²) in [5.41, 5.74) is 12.4. The molecule has 2 rings (SSSR count). The third-order valence-corrected chi connectivity index (χ3v) is 2.95. The Bertz CT molecular complexity index is 655. The van der Waals surface area contributed by atoms with Crippen LogP contribution in [-0.2, 0) is 11.3 Å². The Balaban J connectivity index is 1.81. The number of rotatable bonds is 5. The van der Waals surface area contributed by atoms with E-state index in [0.717, 1.165) is 16.5 Å². The molecule has 1 aromatic heterocycles. The minimum Gasteiger partial charge on any atom is -0.466 e. The van der Waals surface area contributed by atoms with Crippen LogP contribution in [0.25, 0.3) is 10.9 Å².